The first-order valence-electron chi connectivity index (χ1n) is 4.99. The van der Waals surface area contributed by atoms with Crippen LogP contribution in [0.15, 0.2) is 24.3 Å². The average Bonchev–Trinajstić information content (AvgIpc) is 2.37. The molecule has 1 aromatic rings. The van der Waals surface area contributed by atoms with E-state index in [2.05, 4.69) is 6.58 Å². The van der Waals surface area contributed by atoms with E-state index < -0.39 is 6.10 Å². The third-order valence-corrected chi connectivity index (χ3v) is 2.69. The molecule has 0 fully saturated rings. The molecule has 2 rings (SSSR count). The van der Waals surface area contributed by atoms with Crippen LogP contribution < -0.4 is 9.47 Å². The lowest BCUT2D eigenvalue weighted by atomic mass is 10.0. The van der Waals surface area contributed by atoms with Crippen molar-refractivity contribution >= 4 is 11.6 Å². The number of fused-ring (bicyclic) bond motifs is 1. The van der Waals surface area contributed by atoms with Gasteiger partial charge in [0.15, 0.2) is 11.5 Å². The molecule has 1 aliphatic rings. The highest BCUT2D eigenvalue weighted by atomic mass is 35.5. The summed E-state index contributed by atoms with van der Waals surface area (Å²) >= 11 is 6.01. The summed E-state index contributed by atoms with van der Waals surface area (Å²) in [5.74, 6) is 0.944. The highest BCUT2D eigenvalue weighted by Gasteiger charge is 2.20. The van der Waals surface area contributed by atoms with E-state index in [1.54, 1.807) is 18.2 Å². The number of halogens is 1. The van der Waals surface area contributed by atoms with Gasteiger partial charge in [0.05, 0.1) is 16.7 Å². The van der Waals surface area contributed by atoms with Crippen LogP contribution in [-0.4, -0.2) is 18.3 Å². The SMILES string of the molecule is C=C(C#N)C(O)c1cc(Cl)c2c(c1)OCCO2. The first kappa shape index (κ1) is 11.8. The van der Waals surface area contributed by atoms with Crippen molar-refractivity contribution in [2.45, 2.75) is 6.10 Å². The van der Waals surface area contributed by atoms with Crippen LogP contribution in [0.4, 0.5) is 0 Å². The number of nitriles is 1. The molecule has 0 saturated carbocycles. The fourth-order valence-corrected chi connectivity index (χ4v) is 1.82. The van der Waals surface area contributed by atoms with E-state index >= 15 is 0 Å². The lowest BCUT2D eigenvalue weighted by molar-refractivity contribution is 0.170. The summed E-state index contributed by atoms with van der Waals surface area (Å²) in [7, 11) is 0. The zero-order valence-corrected chi connectivity index (χ0v) is 9.70. The molecule has 0 spiro atoms. The molecular weight excluding hydrogens is 242 g/mol. The largest absolute Gasteiger partial charge is 0.486 e. The summed E-state index contributed by atoms with van der Waals surface area (Å²) in [6, 6.07) is 4.95. The van der Waals surface area contributed by atoms with Crippen molar-refractivity contribution in [1.82, 2.24) is 0 Å². The van der Waals surface area contributed by atoms with Crippen molar-refractivity contribution in [2.24, 2.45) is 0 Å². The molecule has 17 heavy (non-hydrogen) atoms. The molecule has 0 aliphatic carbocycles. The molecule has 88 valence electrons. The Labute approximate surface area is 104 Å². The molecule has 0 amide bonds. The minimum Gasteiger partial charge on any atom is -0.486 e. The van der Waals surface area contributed by atoms with Crippen LogP contribution in [-0.2, 0) is 0 Å². The van der Waals surface area contributed by atoms with Crippen molar-refractivity contribution in [1.29, 1.82) is 5.26 Å². The summed E-state index contributed by atoms with van der Waals surface area (Å²) in [6.45, 7) is 4.34. The molecule has 1 aliphatic heterocycles. The Morgan fingerprint density at radius 1 is 1.47 bits per heavy atom. The lowest BCUT2D eigenvalue weighted by Gasteiger charge is -2.21. The summed E-state index contributed by atoms with van der Waals surface area (Å²) < 4.78 is 10.7. The maximum absolute atomic E-state index is 9.84. The summed E-state index contributed by atoms with van der Waals surface area (Å²) in [6.07, 6.45) is -1.08. The van der Waals surface area contributed by atoms with Crippen LogP contribution in [0.25, 0.3) is 0 Å². The van der Waals surface area contributed by atoms with Gasteiger partial charge in [-0.3, -0.25) is 0 Å². The first-order valence-corrected chi connectivity index (χ1v) is 5.37. The topological polar surface area (TPSA) is 62.5 Å². The van der Waals surface area contributed by atoms with Crippen molar-refractivity contribution in [2.75, 3.05) is 13.2 Å². The number of aliphatic hydroxyl groups is 1. The Morgan fingerprint density at radius 2 is 2.18 bits per heavy atom. The highest BCUT2D eigenvalue weighted by molar-refractivity contribution is 6.32. The van der Waals surface area contributed by atoms with Gasteiger partial charge in [-0.05, 0) is 17.7 Å². The van der Waals surface area contributed by atoms with E-state index in [4.69, 9.17) is 26.3 Å². The van der Waals surface area contributed by atoms with Gasteiger partial charge in [-0.2, -0.15) is 5.26 Å². The molecule has 0 bridgehead atoms. The Balaban J connectivity index is 2.41. The number of rotatable bonds is 2. The summed E-state index contributed by atoms with van der Waals surface area (Å²) in [5, 5.41) is 18.9. The maximum atomic E-state index is 9.84. The smallest absolute Gasteiger partial charge is 0.179 e. The van der Waals surface area contributed by atoms with Crippen LogP contribution in [0.5, 0.6) is 11.5 Å². The minimum atomic E-state index is -1.08. The molecule has 0 saturated heterocycles. The lowest BCUT2D eigenvalue weighted by Crippen LogP contribution is -2.16. The second kappa shape index (κ2) is 4.66. The zero-order valence-electron chi connectivity index (χ0n) is 8.94. The van der Waals surface area contributed by atoms with Gasteiger partial charge < -0.3 is 14.6 Å². The number of benzene rings is 1. The van der Waals surface area contributed by atoms with E-state index in [-0.39, 0.29) is 5.57 Å². The normalized spacial score (nSPS) is 14.9. The third-order valence-electron chi connectivity index (χ3n) is 2.41. The molecule has 4 nitrogen and oxygen atoms in total. The number of aliphatic hydroxyl groups excluding tert-OH is 1. The second-order valence-electron chi connectivity index (χ2n) is 3.57. The van der Waals surface area contributed by atoms with Crippen molar-refractivity contribution in [3.05, 3.63) is 34.9 Å². The Bertz CT molecular complexity index is 507. The average molecular weight is 252 g/mol. The Kier molecular flexibility index (Phi) is 3.23. The van der Waals surface area contributed by atoms with Crippen LogP contribution in [0.2, 0.25) is 5.02 Å². The van der Waals surface area contributed by atoms with E-state index in [1.165, 1.54) is 0 Å². The molecule has 1 aromatic carbocycles. The number of hydrogen-bond donors (Lipinski definition) is 1. The molecular formula is C12H10ClNO3. The van der Waals surface area contributed by atoms with E-state index in [0.717, 1.165) is 0 Å². The fourth-order valence-electron chi connectivity index (χ4n) is 1.55. The monoisotopic (exact) mass is 251 g/mol. The number of ether oxygens (including phenoxy) is 2. The molecule has 0 radical (unpaired) electrons. The van der Waals surface area contributed by atoms with Crippen LogP contribution in [0, 0.1) is 11.3 Å². The van der Waals surface area contributed by atoms with Crippen LogP contribution >= 0.6 is 11.6 Å². The van der Waals surface area contributed by atoms with Crippen LogP contribution in [0.1, 0.15) is 11.7 Å². The van der Waals surface area contributed by atoms with E-state index in [1.807, 2.05) is 0 Å². The Morgan fingerprint density at radius 3 is 2.88 bits per heavy atom. The fraction of sp³-hybridized carbons (Fsp3) is 0.250. The quantitative estimate of drug-likeness (QED) is 0.819. The first-order chi connectivity index (χ1) is 8.13. The number of hydrogen-bond acceptors (Lipinski definition) is 4. The number of nitrogens with zero attached hydrogens (tertiary/aromatic N) is 1. The molecule has 1 atom stereocenters. The summed E-state index contributed by atoms with van der Waals surface area (Å²) in [5.41, 5.74) is 0.517. The maximum Gasteiger partial charge on any atom is 0.179 e. The van der Waals surface area contributed by atoms with Gasteiger partial charge in [0, 0.05) is 0 Å². The minimum absolute atomic E-state index is 0.0535. The van der Waals surface area contributed by atoms with Crippen molar-refractivity contribution in [3.8, 4) is 17.6 Å². The highest BCUT2D eigenvalue weighted by Crippen LogP contribution is 2.40. The van der Waals surface area contributed by atoms with Gasteiger partial charge in [0.2, 0.25) is 0 Å². The van der Waals surface area contributed by atoms with Crippen LogP contribution in [0.3, 0.4) is 0 Å². The van der Waals surface area contributed by atoms with Gasteiger partial charge >= 0.3 is 0 Å². The predicted octanol–water partition coefficient (Wildman–Crippen LogP) is 2.22. The van der Waals surface area contributed by atoms with Gasteiger partial charge in [-0.25, -0.2) is 0 Å². The third kappa shape index (κ3) is 2.21. The molecule has 1 unspecified atom stereocenters. The molecule has 1 heterocycles. The molecule has 0 aromatic heterocycles. The van der Waals surface area contributed by atoms with Crippen molar-refractivity contribution in [3.63, 3.8) is 0 Å². The van der Waals surface area contributed by atoms with Gasteiger partial charge in [0.1, 0.15) is 19.3 Å². The second-order valence-corrected chi connectivity index (χ2v) is 3.97. The zero-order chi connectivity index (χ0) is 12.4. The van der Waals surface area contributed by atoms with Gasteiger partial charge in [0.25, 0.3) is 0 Å². The van der Waals surface area contributed by atoms with Gasteiger partial charge in [-0.1, -0.05) is 18.2 Å². The molecule has 1 N–H and O–H groups in total. The standard InChI is InChI=1S/C12H10ClNO3/c1-7(6-14)11(15)8-4-9(13)12-10(5-8)16-2-3-17-12/h4-5,11,15H,1-3H2. The van der Waals surface area contributed by atoms with Gasteiger partial charge in [-0.15, -0.1) is 0 Å². The molecule has 5 heteroatoms. The Hall–Kier alpha value is -1.70. The van der Waals surface area contributed by atoms with E-state index in [0.29, 0.717) is 35.3 Å². The van der Waals surface area contributed by atoms with Crippen molar-refractivity contribution < 1.29 is 14.6 Å². The summed E-state index contributed by atoms with van der Waals surface area (Å²) in [4.78, 5) is 0. The van der Waals surface area contributed by atoms with E-state index in [9.17, 15) is 5.11 Å². The predicted molar refractivity (Wildman–Crippen MR) is 62.2 cm³/mol.